The van der Waals surface area contributed by atoms with E-state index >= 15 is 0 Å². The van der Waals surface area contributed by atoms with Gasteiger partial charge < -0.3 is 5.32 Å². The molecule has 0 fully saturated rings. The smallest absolute Gasteiger partial charge is 0.273 e. The molecule has 4 heteroatoms. The van der Waals surface area contributed by atoms with Gasteiger partial charge in [0.15, 0.2) is 0 Å². The van der Waals surface area contributed by atoms with E-state index in [9.17, 15) is 4.79 Å². The summed E-state index contributed by atoms with van der Waals surface area (Å²) in [6.07, 6.45) is 0. The zero-order valence-electron chi connectivity index (χ0n) is 12.2. The lowest BCUT2D eigenvalue weighted by Gasteiger charge is -2.13. The Labute approximate surface area is 128 Å². The zero-order valence-corrected chi connectivity index (χ0v) is 13.0. The fourth-order valence-electron chi connectivity index (χ4n) is 2.46. The van der Waals surface area contributed by atoms with Crippen molar-refractivity contribution >= 4 is 21.6 Å². The predicted molar refractivity (Wildman–Crippen MR) is 89.5 cm³/mol. The highest BCUT2D eigenvalue weighted by molar-refractivity contribution is 7.14. The first-order valence-corrected chi connectivity index (χ1v) is 7.93. The molecule has 2 aromatic carbocycles. The van der Waals surface area contributed by atoms with Crippen molar-refractivity contribution in [3.8, 4) is 5.69 Å². The molecule has 1 heterocycles. The van der Waals surface area contributed by atoms with Gasteiger partial charge in [0, 0.05) is 6.04 Å². The lowest BCUT2D eigenvalue weighted by Crippen LogP contribution is -2.17. The lowest BCUT2D eigenvalue weighted by molar-refractivity contribution is 0.598. The molecule has 3 nitrogen and oxygen atoms in total. The number of nitrogens with one attached hydrogen (secondary N) is 1. The van der Waals surface area contributed by atoms with Gasteiger partial charge in [-0.2, -0.15) is 0 Å². The van der Waals surface area contributed by atoms with Crippen LogP contribution in [0.5, 0.6) is 0 Å². The van der Waals surface area contributed by atoms with Crippen LogP contribution in [0.1, 0.15) is 25.5 Å². The van der Waals surface area contributed by atoms with Gasteiger partial charge in [0.2, 0.25) is 0 Å². The van der Waals surface area contributed by atoms with Crippen LogP contribution in [0, 0.1) is 0 Å². The van der Waals surface area contributed by atoms with Crippen molar-refractivity contribution in [3.63, 3.8) is 0 Å². The number of nitrogens with zero attached hydrogens (tertiary/aromatic N) is 1. The summed E-state index contributed by atoms with van der Waals surface area (Å²) in [5, 5.41) is 4.17. The first-order valence-electron chi connectivity index (χ1n) is 7.15. The van der Waals surface area contributed by atoms with Gasteiger partial charge >= 0.3 is 0 Å². The fraction of sp³-hybridized carbons (Fsp3) is 0.235. The van der Waals surface area contributed by atoms with Crippen LogP contribution in [0.25, 0.3) is 15.8 Å². The third kappa shape index (κ3) is 2.64. The first kappa shape index (κ1) is 14.0. The van der Waals surface area contributed by atoms with E-state index in [-0.39, 0.29) is 5.56 Å². The second-order valence-electron chi connectivity index (χ2n) is 5.06. The van der Waals surface area contributed by atoms with Crippen LogP contribution in [0.4, 0.5) is 0 Å². The Morgan fingerprint density at radius 1 is 1.14 bits per heavy atom. The van der Waals surface area contributed by atoms with E-state index < -0.39 is 0 Å². The number of rotatable bonds is 4. The number of hydrogen-bond donors (Lipinski definition) is 1. The highest BCUT2D eigenvalue weighted by Gasteiger charge is 2.09. The third-order valence-electron chi connectivity index (χ3n) is 3.63. The molecule has 1 atom stereocenters. The van der Waals surface area contributed by atoms with Crippen molar-refractivity contribution in [2.75, 3.05) is 6.54 Å². The minimum Gasteiger partial charge on any atom is -0.310 e. The Kier molecular flexibility index (Phi) is 3.90. The SMILES string of the molecule is CCNC(C)c1ccc(-n2sc3ccccc3c2=O)cc1. The molecule has 3 rings (SSSR count). The molecule has 0 aliphatic carbocycles. The highest BCUT2D eigenvalue weighted by atomic mass is 32.1. The molecule has 0 aliphatic heterocycles. The van der Waals surface area contributed by atoms with Gasteiger partial charge in [-0.05, 0) is 43.3 Å². The Bertz CT molecular complexity index is 802. The molecule has 21 heavy (non-hydrogen) atoms. The monoisotopic (exact) mass is 298 g/mol. The highest BCUT2D eigenvalue weighted by Crippen LogP contribution is 2.21. The third-order valence-corrected chi connectivity index (χ3v) is 4.74. The maximum Gasteiger partial charge on any atom is 0.273 e. The molecule has 3 aromatic rings. The topological polar surface area (TPSA) is 34.0 Å². The molecule has 0 amide bonds. The van der Waals surface area contributed by atoms with E-state index in [1.54, 1.807) is 3.96 Å². The molecule has 0 saturated carbocycles. The van der Waals surface area contributed by atoms with E-state index in [0.717, 1.165) is 22.3 Å². The number of hydrogen-bond acceptors (Lipinski definition) is 3. The average Bonchev–Trinajstić information content (AvgIpc) is 2.85. The molecule has 0 aliphatic rings. The quantitative estimate of drug-likeness (QED) is 0.796. The molecule has 0 radical (unpaired) electrons. The summed E-state index contributed by atoms with van der Waals surface area (Å²) < 4.78 is 2.78. The Morgan fingerprint density at radius 2 is 1.86 bits per heavy atom. The van der Waals surface area contributed by atoms with Gasteiger partial charge in [-0.15, -0.1) is 0 Å². The molecular weight excluding hydrogens is 280 g/mol. The minimum absolute atomic E-state index is 0.0584. The fourth-order valence-corrected chi connectivity index (χ4v) is 3.46. The van der Waals surface area contributed by atoms with Crippen molar-refractivity contribution in [2.45, 2.75) is 19.9 Å². The Balaban J connectivity index is 1.99. The van der Waals surface area contributed by atoms with Crippen molar-refractivity contribution in [2.24, 2.45) is 0 Å². The molecular formula is C17H18N2OS. The number of aromatic nitrogens is 1. The molecule has 0 spiro atoms. The Morgan fingerprint density at radius 3 is 2.52 bits per heavy atom. The number of fused-ring (bicyclic) bond motifs is 1. The minimum atomic E-state index is 0.0584. The van der Waals surface area contributed by atoms with Crippen LogP contribution < -0.4 is 10.9 Å². The summed E-state index contributed by atoms with van der Waals surface area (Å²) in [5.74, 6) is 0. The summed E-state index contributed by atoms with van der Waals surface area (Å²) in [4.78, 5) is 12.4. The van der Waals surface area contributed by atoms with Crippen LogP contribution in [0.3, 0.4) is 0 Å². The summed E-state index contributed by atoms with van der Waals surface area (Å²) in [5.41, 5.74) is 2.21. The summed E-state index contributed by atoms with van der Waals surface area (Å²) in [6.45, 7) is 5.18. The molecule has 1 N–H and O–H groups in total. The van der Waals surface area contributed by atoms with Crippen LogP contribution in [-0.2, 0) is 0 Å². The average molecular weight is 298 g/mol. The molecule has 1 unspecified atom stereocenters. The van der Waals surface area contributed by atoms with Gasteiger partial charge in [-0.3, -0.25) is 4.79 Å². The summed E-state index contributed by atoms with van der Waals surface area (Å²) in [7, 11) is 0. The molecule has 0 saturated heterocycles. The van der Waals surface area contributed by atoms with Crippen LogP contribution in [0.15, 0.2) is 53.3 Å². The zero-order chi connectivity index (χ0) is 14.8. The van der Waals surface area contributed by atoms with Crippen LogP contribution in [-0.4, -0.2) is 10.5 Å². The Hall–Kier alpha value is -1.91. The summed E-state index contributed by atoms with van der Waals surface area (Å²) >= 11 is 1.49. The van der Waals surface area contributed by atoms with E-state index in [0.29, 0.717) is 6.04 Å². The van der Waals surface area contributed by atoms with Crippen LogP contribution in [0.2, 0.25) is 0 Å². The van der Waals surface area contributed by atoms with Gasteiger partial charge in [0.05, 0.1) is 15.8 Å². The molecule has 108 valence electrons. The van der Waals surface area contributed by atoms with Gasteiger partial charge in [-0.25, -0.2) is 3.96 Å². The second kappa shape index (κ2) is 5.84. The van der Waals surface area contributed by atoms with Crippen LogP contribution >= 0.6 is 11.5 Å². The van der Waals surface area contributed by atoms with Crippen molar-refractivity contribution in [1.82, 2.24) is 9.27 Å². The first-order chi connectivity index (χ1) is 10.2. The summed E-state index contributed by atoms with van der Waals surface area (Å²) in [6, 6.07) is 16.2. The van der Waals surface area contributed by atoms with Crippen molar-refractivity contribution in [3.05, 3.63) is 64.4 Å². The molecule has 1 aromatic heterocycles. The largest absolute Gasteiger partial charge is 0.310 e. The predicted octanol–water partition coefficient (Wildman–Crippen LogP) is 3.72. The van der Waals surface area contributed by atoms with Crippen molar-refractivity contribution in [1.29, 1.82) is 0 Å². The van der Waals surface area contributed by atoms with E-state index in [2.05, 4.69) is 31.3 Å². The second-order valence-corrected chi connectivity index (χ2v) is 6.05. The van der Waals surface area contributed by atoms with Gasteiger partial charge in [0.1, 0.15) is 0 Å². The van der Waals surface area contributed by atoms with E-state index in [4.69, 9.17) is 0 Å². The van der Waals surface area contributed by atoms with Crippen molar-refractivity contribution < 1.29 is 0 Å². The maximum atomic E-state index is 12.4. The van der Waals surface area contributed by atoms with Gasteiger partial charge in [-0.1, -0.05) is 42.7 Å². The maximum absolute atomic E-state index is 12.4. The molecule has 0 bridgehead atoms. The van der Waals surface area contributed by atoms with E-state index in [1.165, 1.54) is 17.1 Å². The standard InChI is InChI=1S/C17H18N2OS/c1-3-18-12(2)13-8-10-14(11-9-13)19-17(20)15-6-4-5-7-16(15)21-19/h4-12,18H,3H2,1-2H3. The normalized spacial score (nSPS) is 12.7. The lowest BCUT2D eigenvalue weighted by atomic mass is 10.1. The van der Waals surface area contributed by atoms with Gasteiger partial charge in [0.25, 0.3) is 5.56 Å². The van der Waals surface area contributed by atoms with E-state index in [1.807, 2.05) is 36.4 Å². The number of benzene rings is 2.